The lowest BCUT2D eigenvalue weighted by molar-refractivity contribution is 0.00389. The minimum atomic E-state index is -0.578. The molecule has 138 valence electrons. The number of H-pyrrole nitrogens is 1. The number of halogens is 2. The van der Waals surface area contributed by atoms with Crippen molar-refractivity contribution in [3.05, 3.63) is 44.9 Å². The highest BCUT2D eigenvalue weighted by Gasteiger charge is 2.33. The lowest BCUT2D eigenvalue weighted by Gasteiger charge is -2.34. The van der Waals surface area contributed by atoms with Gasteiger partial charge in [0.2, 0.25) is 0 Å². The molecule has 0 saturated heterocycles. The normalized spacial score (nSPS) is 15.8. The summed E-state index contributed by atoms with van der Waals surface area (Å²) >= 11 is 17.6. The molecule has 0 aliphatic carbocycles. The number of aromatic amines is 1. The number of hydrogen-bond acceptors (Lipinski definition) is 3. The largest absolute Gasteiger partial charge is 0.390 e. The van der Waals surface area contributed by atoms with Crippen molar-refractivity contribution in [2.75, 3.05) is 0 Å². The number of aliphatic hydroxyl groups excluding tert-OH is 1. The lowest BCUT2D eigenvalue weighted by Crippen LogP contribution is -2.37. The summed E-state index contributed by atoms with van der Waals surface area (Å²) in [5, 5.41) is 16.5. The van der Waals surface area contributed by atoms with Crippen molar-refractivity contribution in [1.29, 1.82) is 0 Å². The van der Waals surface area contributed by atoms with Gasteiger partial charge in [0.05, 0.1) is 12.1 Å². The number of aliphatic hydroxyl groups is 1. The van der Waals surface area contributed by atoms with Gasteiger partial charge >= 0.3 is 0 Å². The minimum Gasteiger partial charge on any atom is -0.390 e. The second kappa shape index (κ2) is 8.21. The van der Waals surface area contributed by atoms with E-state index in [2.05, 4.69) is 17.0 Å². The summed E-state index contributed by atoms with van der Waals surface area (Å²) in [5.41, 5.74) is 0.768. The third-order valence-electron chi connectivity index (χ3n) is 4.37. The fourth-order valence-corrected chi connectivity index (χ4v) is 3.72. The maximum absolute atomic E-state index is 10.9. The summed E-state index contributed by atoms with van der Waals surface area (Å²) in [6, 6.07) is 5.35. The first-order valence-electron chi connectivity index (χ1n) is 8.33. The number of hydrogen-bond donors (Lipinski definition) is 2. The standard InChI is InChI=1S/C18H25Cl2N3OS/c1-11(7-12-5-6-13(19)9-14(12)20)8-15(16(24)18(2,3)4)23-17(25)21-10-22-23/h5-6,9-11,15-16,24H,7-8H2,1-4H3,(H,21,22,25)/t11-,15+,16+/m0/s1. The van der Waals surface area contributed by atoms with E-state index in [4.69, 9.17) is 35.4 Å². The van der Waals surface area contributed by atoms with Crippen LogP contribution in [0.1, 0.15) is 45.7 Å². The molecular weight excluding hydrogens is 377 g/mol. The van der Waals surface area contributed by atoms with Crippen LogP contribution in [0.2, 0.25) is 10.0 Å². The fraction of sp³-hybridized carbons (Fsp3) is 0.556. The van der Waals surface area contributed by atoms with Gasteiger partial charge in [0, 0.05) is 10.0 Å². The second-order valence-corrected chi connectivity index (χ2v) is 8.93. The number of nitrogens with zero attached hydrogens (tertiary/aromatic N) is 2. The van der Waals surface area contributed by atoms with Crippen LogP contribution in [0.15, 0.2) is 24.5 Å². The first-order chi connectivity index (χ1) is 11.6. The van der Waals surface area contributed by atoms with Gasteiger partial charge in [0.1, 0.15) is 6.33 Å². The predicted molar refractivity (Wildman–Crippen MR) is 106 cm³/mol. The Kier molecular flexibility index (Phi) is 6.71. The Hall–Kier alpha value is -0.880. The number of benzene rings is 1. The molecular formula is C18H25Cl2N3OS. The highest BCUT2D eigenvalue weighted by Crippen LogP contribution is 2.34. The van der Waals surface area contributed by atoms with Gasteiger partial charge in [-0.2, -0.15) is 5.10 Å². The molecule has 2 aromatic rings. The quantitative estimate of drug-likeness (QED) is 0.631. The highest BCUT2D eigenvalue weighted by molar-refractivity contribution is 7.71. The van der Waals surface area contributed by atoms with E-state index in [1.54, 1.807) is 17.1 Å². The summed E-state index contributed by atoms with van der Waals surface area (Å²) in [6.45, 7) is 8.19. The van der Waals surface area contributed by atoms with Crippen molar-refractivity contribution in [1.82, 2.24) is 14.8 Å². The third-order valence-corrected chi connectivity index (χ3v) is 5.26. The third kappa shape index (κ3) is 5.30. The summed E-state index contributed by atoms with van der Waals surface area (Å²) in [5.74, 6) is 0.277. The van der Waals surface area contributed by atoms with Crippen molar-refractivity contribution in [2.24, 2.45) is 11.3 Å². The van der Waals surface area contributed by atoms with Gasteiger partial charge in [-0.3, -0.25) is 0 Å². The molecule has 1 heterocycles. The van der Waals surface area contributed by atoms with E-state index < -0.39 is 6.10 Å². The molecule has 0 amide bonds. The molecule has 0 aliphatic rings. The topological polar surface area (TPSA) is 53.8 Å². The Labute approximate surface area is 164 Å². The summed E-state index contributed by atoms with van der Waals surface area (Å²) in [4.78, 5) is 2.91. The first-order valence-corrected chi connectivity index (χ1v) is 9.50. The molecule has 7 heteroatoms. The molecule has 1 aromatic carbocycles. The lowest BCUT2D eigenvalue weighted by atomic mass is 9.81. The Morgan fingerprint density at radius 1 is 1.32 bits per heavy atom. The maximum atomic E-state index is 10.9. The zero-order chi connectivity index (χ0) is 18.8. The average Bonchev–Trinajstić information content (AvgIpc) is 2.92. The smallest absolute Gasteiger partial charge is 0.195 e. The van der Waals surface area contributed by atoms with Crippen LogP contribution in [-0.2, 0) is 6.42 Å². The van der Waals surface area contributed by atoms with Crippen molar-refractivity contribution < 1.29 is 5.11 Å². The van der Waals surface area contributed by atoms with Gasteiger partial charge in [0.25, 0.3) is 0 Å². The fourth-order valence-electron chi connectivity index (χ4n) is 3.00. The monoisotopic (exact) mass is 401 g/mol. The van der Waals surface area contributed by atoms with Crippen LogP contribution in [0.25, 0.3) is 0 Å². The molecule has 4 nitrogen and oxygen atoms in total. The zero-order valence-corrected chi connectivity index (χ0v) is 17.3. The molecule has 25 heavy (non-hydrogen) atoms. The average molecular weight is 402 g/mol. The van der Waals surface area contributed by atoms with Crippen LogP contribution in [-0.4, -0.2) is 26.0 Å². The van der Waals surface area contributed by atoms with Gasteiger partial charge in [-0.1, -0.05) is 57.0 Å². The Morgan fingerprint density at radius 2 is 2.00 bits per heavy atom. The molecule has 2 rings (SSSR count). The number of rotatable bonds is 6. The number of nitrogens with one attached hydrogen (secondary N) is 1. The van der Waals surface area contributed by atoms with Gasteiger partial charge in [0.15, 0.2) is 4.77 Å². The van der Waals surface area contributed by atoms with E-state index in [-0.39, 0.29) is 17.4 Å². The van der Waals surface area contributed by atoms with Crippen LogP contribution in [0.4, 0.5) is 0 Å². The molecule has 0 radical (unpaired) electrons. The SMILES string of the molecule is C[C@@H](Cc1ccc(Cl)cc1Cl)C[C@H]([C@@H](O)C(C)(C)C)n1nc[nH]c1=S. The molecule has 0 unspecified atom stereocenters. The van der Waals surface area contributed by atoms with E-state index in [0.717, 1.165) is 18.4 Å². The molecule has 3 atom stereocenters. The zero-order valence-electron chi connectivity index (χ0n) is 15.0. The Morgan fingerprint density at radius 3 is 2.52 bits per heavy atom. The molecule has 1 aromatic heterocycles. The molecule has 2 N–H and O–H groups in total. The van der Waals surface area contributed by atoms with Crippen molar-refractivity contribution in [3.63, 3.8) is 0 Å². The van der Waals surface area contributed by atoms with Crippen LogP contribution < -0.4 is 0 Å². The summed E-state index contributed by atoms with van der Waals surface area (Å²) < 4.78 is 2.23. The maximum Gasteiger partial charge on any atom is 0.195 e. The van der Waals surface area contributed by atoms with E-state index in [0.29, 0.717) is 14.8 Å². The van der Waals surface area contributed by atoms with Gasteiger partial charge in [-0.25, -0.2) is 4.68 Å². The highest BCUT2D eigenvalue weighted by atomic mass is 35.5. The Bertz CT molecular complexity index is 766. The van der Waals surface area contributed by atoms with E-state index in [9.17, 15) is 5.11 Å². The summed E-state index contributed by atoms with van der Waals surface area (Å²) in [7, 11) is 0. The predicted octanol–water partition coefficient (Wildman–Crippen LogP) is 5.46. The molecule has 0 spiro atoms. The molecule has 0 fully saturated rings. The van der Waals surface area contributed by atoms with Gasteiger partial charge in [-0.05, 0) is 54.1 Å². The minimum absolute atomic E-state index is 0.208. The molecule has 0 saturated carbocycles. The van der Waals surface area contributed by atoms with Crippen molar-refractivity contribution >= 4 is 35.4 Å². The number of aromatic nitrogens is 3. The van der Waals surface area contributed by atoms with Crippen LogP contribution in [0.5, 0.6) is 0 Å². The van der Waals surface area contributed by atoms with Crippen LogP contribution in [0.3, 0.4) is 0 Å². The molecule has 0 aliphatic heterocycles. The van der Waals surface area contributed by atoms with Crippen molar-refractivity contribution in [3.8, 4) is 0 Å². The second-order valence-electron chi connectivity index (χ2n) is 7.70. The van der Waals surface area contributed by atoms with Gasteiger partial charge < -0.3 is 10.1 Å². The van der Waals surface area contributed by atoms with Crippen LogP contribution >= 0.6 is 35.4 Å². The van der Waals surface area contributed by atoms with E-state index in [1.807, 2.05) is 32.9 Å². The summed E-state index contributed by atoms with van der Waals surface area (Å²) in [6.07, 6.45) is 2.51. The van der Waals surface area contributed by atoms with Crippen molar-refractivity contribution in [2.45, 2.75) is 52.7 Å². The van der Waals surface area contributed by atoms with Gasteiger partial charge in [-0.15, -0.1) is 0 Å². The van der Waals surface area contributed by atoms with Crippen LogP contribution in [0, 0.1) is 16.1 Å². The van der Waals surface area contributed by atoms with E-state index in [1.165, 1.54) is 0 Å². The first kappa shape index (κ1) is 20.4. The van der Waals surface area contributed by atoms with E-state index >= 15 is 0 Å². The Balaban J connectivity index is 2.21. The molecule has 0 bridgehead atoms.